The Labute approximate surface area is 210 Å². The summed E-state index contributed by atoms with van der Waals surface area (Å²) in [6.07, 6.45) is 0. The van der Waals surface area contributed by atoms with Crippen LogP contribution in [-0.4, -0.2) is 53.7 Å². The zero-order valence-corrected chi connectivity index (χ0v) is 22.0. The van der Waals surface area contributed by atoms with E-state index in [1.165, 1.54) is 11.3 Å². The Morgan fingerprint density at radius 1 is 1.03 bits per heavy atom. The lowest BCUT2D eigenvalue weighted by Crippen LogP contribution is -2.34. The van der Waals surface area contributed by atoms with Crippen molar-refractivity contribution in [2.45, 2.75) is 32.9 Å². The van der Waals surface area contributed by atoms with Crippen LogP contribution in [0.1, 0.15) is 26.3 Å². The molecule has 0 saturated carbocycles. The molecule has 2 aromatic heterocycles. The lowest BCUT2D eigenvalue weighted by Gasteiger charge is -2.22. The average molecular weight is 492 g/mol. The number of carbonyl (C=O) groups excluding carboxylic acids is 1. The number of anilines is 3. The van der Waals surface area contributed by atoms with E-state index in [2.05, 4.69) is 31.4 Å². The van der Waals surface area contributed by atoms with Crippen molar-refractivity contribution in [3.05, 3.63) is 60.2 Å². The minimum absolute atomic E-state index is 0.0601. The first kappa shape index (κ1) is 24.5. The third-order valence-corrected chi connectivity index (χ3v) is 6.41. The molecule has 35 heavy (non-hydrogen) atoms. The van der Waals surface area contributed by atoms with Gasteiger partial charge in [0.15, 0.2) is 5.82 Å². The Hall–Kier alpha value is -3.59. The number of nitrogens with one attached hydrogen (secondary N) is 2. The smallest absolute Gasteiger partial charge is 0.239 e. The molecule has 4 aromatic rings. The fourth-order valence-electron chi connectivity index (χ4n) is 3.61. The fourth-order valence-corrected chi connectivity index (χ4v) is 4.47. The summed E-state index contributed by atoms with van der Waals surface area (Å²) in [7, 11) is 5.89. The maximum Gasteiger partial charge on any atom is 0.239 e. The summed E-state index contributed by atoms with van der Waals surface area (Å²) in [4.78, 5) is 22.2. The number of nitrogens with zero attached hydrogens (tertiary/aromatic N) is 5. The van der Waals surface area contributed by atoms with Crippen LogP contribution >= 0.6 is 11.3 Å². The van der Waals surface area contributed by atoms with Crippen LogP contribution in [0.3, 0.4) is 0 Å². The van der Waals surface area contributed by atoms with Crippen molar-refractivity contribution >= 4 is 38.8 Å². The third-order valence-electron chi connectivity index (χ3n) is 5.38. The van der Waals surface area contributed by atoms with Crippen LogP contribution in [-0.2, 0) is 11.3 Å². The first-order valence-electron chi connectivity index (χ1n) is 11.6. The predicted molar refractivity (Wildman–Crippen MR) is 146 cm³/mol. The summed E-state index contributed by atoms with van der Waals surface area (Å²) in [5.74, 6) is 0.787. The highest BCUT2D eigenvalue weighted by Crippen LogP contribution is 2.34. The summed E-state index contributed by atoms with van der Waals surface area (Å²) in [5, 5.41) is 12.1. The van der Waals surface area contributed by atoms with Crippen molar-refractivity contribution in [1.82, 2.24) is 19.9 Å². The SMILES string of the molecule is CN(C)c1ccc(CNC(=O)CN(C)c2nn3c(NC(C)(C)C)c(-c4ccccc4)nc3s2)cc1. The van der Waals surface area contributed by atoms with Crippen molar-refractivity contribution in [3.8, 4) is 11.3 Å². The molecule has 0 radical (unpaired) electrons. The Bertz CT molecular complexity index is 1290. The van der Waals surface area contributed by atoms with Crippen molar-refractivity contribution < 1.29 is 4.79 Å². The summed E-state index contributed by atoms with van der Waals surface area (Å²) >= 11 is 1.46. The monoisotopic (exact) mass is 491 g/mol. The predicted octanol–water partition coefficient (Wildman–Crippen LogP) is 4.49. The Kier molecular flexibility index (Phi) is 6.98. The second-order valence-corrected chi connectivity index (χ2v) is 10.8. The summed E-state index contributed by atoms with van der Waals surface area (Å²) in [6, 6.07) is 18.3. The molecule has 0 fully saturated rings. The highest BCUT2D eigenvalue weighted by molar-refractivity contribution is 7.20. The molecule has 2 N–H and O–H groups in total. The molecule has 0 saturated heterocycles. The van der Waals surface area contributed by atoms with Gasteiger partial charge in [0.25, 0.3) is 0 Å². The lowest BCUT2D eigenvalue weighted by atomic mass is 10.1. The number of carbonyl (C=O) groups is 1. The molecule has 0 spiro atoms. The van der Waals surface area contributed by atoms with Gasteiger partial charge in [-0.25, -0.2) is 4.98 Å². The largest absolute Gasteiger partial charge is 0.378 e. The lowest BCUT2D eigenvalue weighted by molar-refractivity contribution is -0.119. The molecule has 2 heterocycles. The van der Waals surface area contributed by atoms with Gasteiger partial charge in [-0.05, 0) is 38.5 Å². The number of hydrogen-bond donors (Lipinski definition) is 2. The molecule has 0 aliphatic rings. The van der Waals surface area contributed by atoms with E-state index >= 15 is 0 Å². The summed E-state index contributed by atoms with van der Waals surface area (Å²) < 4.78 is 1.84. The second-order valence-electron chi connectivity index (χ2n) is 9.82. The molecule has 184 valence electrons. The second kappa shape index (κ2) is 9.95. The quantitative estimate of drug-likeness (QED) is 0.378. The van der Waals surface area contributed by atoms with Crippen LogP contribution < -0.4 is 20.4 Å². The van der Waals surface area contributed by atoms with E-state index in [-0.39, 0.29) is 18.0 Å². The topological polar surface area (TPSA) is 77.8 Å². The van der Waals surface area contributed by atoms with Crippen molar-refractivity contribution in [3.63, 3.8) is 0 Å². The van der Waals surface area contributed by atoms with Crippen LogP contribution in [0.2, 0.25) is 0 Å². The number of aromatic nitrogens is 3. The van der Waals surface area contributed by atoms with E-state index in [0.717, 1.165) is 38.4 Å². The van der Waals surface area contributed by atoms with Gasteiger partial charge in [-0.15, -0.1) is 5.10 Å². The molecule has 0 unspecified atom stereocenters. The number of amides is 1. The Morgan fingerprint density at radius 2 is 1.71 bits per heavy atom. The van der Waals surface area contributed by atoms with Crippen molar-refractivity contribution in [2.75, 3.05) is 42.8 Å². The normalized spacial score (nSPS) is 11.5. The van der Waals surface area contributed by atoms with Crippen LogP contribution in [0.25, 0.3) is 16.2 Å². The maximum atomic E-state index is 12.6. The molecule has 2 aromatic carbocycles. The minimum atomic E-state index is -0.167. The first-order valence-corrected chi connectivity index (χ1v) is 12.4. The Morgan fingerprint density at radius 3 is 2.34 bits per heavy atom. The zero-order chi connectivity index (χ0) is 25.2. The fraction of sp³-hybridized carbons (Fsp3) is 0.346. The first-order chi connectivity index (χ1) is 16.6. The van der Waals surface area contributed by atoms with Gasteiger partial charge < -0.3 is 20.4 Å². The van der Waals surface area contributed by atoms with Gasteiger partial charge in [0, 0.05) is 44.5 Å². The maximum absolute atomic E-state index is 12.6. The van der Waals surface area contributed by atoms with Gasteiger partial charge in [-0.3, -0.25) is 4.79 Å². The number of fused-ring (bicyclic) bond motifs is 1. The molecular weight excluding hydrogens is 458 g/mol. The Balaban J connectivity index is 1.47. The van der Waals surface area contributed by atoms with E-state index in [1.807, 2.05) is 90.1 Å². The third kappa shape index (κ3) is 5.92. The van der Waals surface area contributed by atoms with Crippen LogP contribution in [0.4, 0.5) is 16.6 Å². The van der Waals surface area contributed by atoms with Crippen LogP contribution in [0, 0.1) is 0 Å². The van der Waals surface area contributed by atoms with E-state index < -0.39 is 0 Å². The zero-order valence-electron chi connectivity index (χ0n) is 21.2. The van der Waals surface area contributed by atoms with Crippen molar-refractivity contribution in [1.29, 1.82) is 0 Å². The van der Waals surface area contributed by atoms with E-state index in [1.54, 1.807) is 0 Å². The molecule has 8 nitrogen and oxygen atoms in total. The highest BCUT2D eigenvalue weighted by Gasteiger charge is 2.23. The molecule has 0 aliphatic heterocycles. The molecule has 0 bridgehead atoms. The van der Waals surface area contributed by atoms with Gasteiger partial charge in [0.1, 0.15) is 5.69 Å². The van der Waals surface area contributed by atoms with E-state index in [4.69, 9.17) is 10.1 Å². The van der Waals surface area contributed by atoms with Gasteiger partial charge in [0.2, 0.25) is 16.0 Å². The van der Waals surface area contributed by atoms with Gasteiger partial charge in [-0.2, -0.15) is 4.52 Å². The van der Waals surface area contributed by atoms with Gasteiger partial charge >= 0.3 is 0 Å². The highest BCUT2D eigenvalue weighted by atomic mass is 32.1. The number of rotatable bonds is 8. The van der Waals surface area contributed by atoms with E-state index in [0.29, 0.717) is 6.54 Å². The average Bonchev–Trinajstić information content (AvgIpc) is 3.37. The number of hydrogen-bond acceptors (Lipinski definition) is 7. The minimum Gasteiger partial charge on any atom is -0.378 e. The summed E-state index contributed by atoms with van der Waals surface area (Å²) in [5.41, 5.74) is 3.92. The number of benzene rings is 2. The summed E-state index contributed by atoms with van der Waals surface area (Å²) in [6.45, 7) is 7.03. The van der Waals surface area contributed by atoms with Crippen LogP contribution in [0.5, 0.6) is 0 Å². The molecular formula is C26H33N7OS. The molecule has 1 amide bonds. The number of imidazole rings is 1. The molecule has 0 aliphatic carbocycles. The van der Waals surface area contributed by atoms with E-state index in [9.17, 15) is 4.79 Å². The molecule has 9 heteroatoms. The van der Waals surface area contributed by atoms with Gasteiger partial charge in [0.05, 0.1) is 6.54 Å². The molecule has 4 rings (SSSR count). The standard InChI is InChI=1S/C26H33N7OS/c1-26(2,3)29-23-22(19-10-8-7-9-11-19)28-24-33(23)30-25(35-24)32(6)17-21(34)27-16-18-12-14-20(15-13-18)31(4)5/h7-15,29H,16-17H2,1-6H3,(H,27,34). The van der Waals surface area contributed by atoms with Crippen molar-refractivity contribution in [2.24, 2.45) is 0 Å². The van der Waals surface area contributed by atoms with Gasteiger partial charge in [-0.1, -0.05) is 53.8 Å². The number of likely N-dealkylation sites (N-methyl/N-ethyl adjacent to an activating group) is 1. The van der Waals surface area contributed by atoms with Crippen LogP contribution in [0.15, 0.2) is 54.6 Å². The molecule has 0 atom stereocenters.